The second-order valence-corrected chi connectivity index (χ2v) is 3.88. The third-order valence-electron chi connectivity index (χ3n) is 2.62. The summed E-state index contributed by atoms with van der Waals surface area (Å²) in [5.74, 6) is 0.285. The van der Waals surface area contributed by atoms with E-state index in [-0.39, 0.29) is 17.6 Å². The minimum atomic E-state index is -0.704. The van der Waals surface area contributed by atoms with E-state index in [2.05, 4.69) is 11.6 Å². The van der Waals surface area contributed by atoms with Crippen LogP contribution in [0.1, 0.15) is 12.0 Å². The highest BCUT2D eigenvalue weighted by Crippen LogP contribution is 2.31. The number of nitro groups is 1. The molecule has 94 valence electrons. The van der Waals surface area contributed by atoms with Gasteiger partial charge in [0.15, 0.2) is 0 Å². The van der Waals surface area contributed by atoms with Gasteiger partial charge in [0.25, 0.3) is 5.69 Å². The second kappa shape index (κ2) is 4.97. The van der Waals surface area contributed by atoms with E-state index in [9.17, 15) is 15.2 Å². The van der Waals surface area contributed by atoms with Gasteiger partial charge in [0.1, 0.15) is 18.1 Å². The third kappa shape index (κ3) is 2.38. The SMILES string of the molecule is C=CC1CC(O)C=C(c2ccncc2[N+](=O)[O-])O1. The molecule has 0 aromatic carbocycles. The first kappa shape index (κ1) is 12.3. The highest BCUT2D eigenvalue weighted by molar-refractivity contribution is 5.68. The lowest BCUT2D eigenvalue weighted by molar-refractivity contribution is -0.385. The van der Waals surface area contributed by atoms with Crippen LogP contribution in [-0.2, 0) is 4.74 Å². The number of hydrogen-bond acceptors (Lipinski definition) is 5. The number of aliphatic hydroxyl groups is 1. The van der Waals surface area contributed by atoms with Gasteiger partial charge in [0, 0.05) is 12.6 Å². The van der Waals surface area contributed by atoms with Crippen LogP contribution in [0.3, 0.4) is 0 Å². The lowest BCUT2D eigenvalue weighted by Crippen LogP contribution is -2.22. The van der Waals surface area contributed by atoms with Crippen LogP contribution in [0.5, 0.6) is 0 Å². The molecule has 0 radical (unpaired) electrons. The molecule has 6 heteroatoms. The first-order valence-electron chi connectivity index (χ1n) is 5.39. The monoisotopic (exact) mass is 248 g/mol. The highest BCUT2D eigenvalue weighted by Gasteiger charge is 2.25. The van der Waals surface area contributed by atoms with Crippen molar-refractivity contribution in [3.05, 3.63) is 52.9 Å². The highest BCUT2D eigenvalue weighted by atomic mass is 16.6. The molecule has 1 aliphatic rings. The fourth-order valence-corrected chi connectivity index (χ4v) is 1.77. The van der Waals surface area contributed by atoms with Gasteiger partial charge in [-0.05, 0) is 12.1 Å². The van der Waals surface area contributed by atoms with E-state index in [0.717, 1.165) is 6.20 Å². The summed E-state index contributed by atoms with van der Waals surface area (Å²) in [6.45, 7) is 3.59. The van der Waals surface area contributed by atoms with Gasteiger partial charge < -0.3 is 9.84 Å². The minimum absolute atomic E-state index is 0.152. The molecule has 0 saturated heterocycles. The van der Waals surface area contributed by atoms with Crippen LogP contribution in [0.2, 0.25) is 0 Å². The van der Waals surface area contributed by atoms with Crippen molar-refractivity contribution in [1.29, 1.82) is 0 Å². The predicted octanol–water partition coefficient (Wildman–Crippen LogP) is 1.67. The van der Waals surface area contributed by atoms with Crippen molar-refractivity contribution in [2.75, 3.05) is 0 Å². The molecule has 18 heavy (non-hydrogen) atoms. The molecule has 2 heterocycles. The number of aliphatic hydroxyl groups excluding tert-OH is 1. The Morgan fingerprint density at radius 3 is 3.11 bits per heavy atom. The van der Waals surface area contributed by atoms with Crippen LogP contribution in [0, 0.1) is 10.1 Å². The zero-order chi connectivity index (χ0) is 13.1. The lowest BCUT2D eigenvalue weighted by atomic mass is 10.0. The average Bonchev–Trinajstić information content (AvgIpc) is 2.38. The van der Waals surface area contributed by atoms with Crippen molar-refractivity contribution >= 4 is 11.4 Å². The Morgan fingerprint density at radius 2 is 2.44 bits per heavy atom. The minimum Gasteiger partial charge on any atom is -0.486 e. The van der Waals surface area contributed by atoms with Gasteiger partial charge in [-0.25, -0.2) is 0 Å². The normalized spacial score (nSPS) is 22.8. The van der Waals surface area contributed by atoms with Crippen LogP contribution >= 0.6 is 0 Å². The summed E-state index contributed by atoms with van der Waals surface area (Å²) in [7, 11) is 0. The van der Waals surface area contributed by atoms with Gasteiger partial charge in [-0.1, -0.05) is 12.7 Å². The molecule has 0 saturated carbocycles. The standard InChI is InChI=1S/C12H12N2O4/c1-2-9-5-8(15)6-12(18-9)10-3-4-13-7-11(10)14(16)17/h2-4,6-9,15H,1,5H2. The Balaban J connectivity index is 2.42. The Bertz CT molecular complexity index is 513. The van der Waals surface area contributed by atoms with Gasteiger partial charge >= 0.3 is 0 Å². The average molecular weight is 248 g/mol. The van der Waals surface area contributed by atoms with E-state index in [1.165, 1.54) is 18.3 Å². The number of pyridine rings is 1. The molecule has 0 aliphatic carbocycles. The molecule has 6 nitrogen and oxygen atoms in total. The Hall–Kier alpha value is -2.21. The Labute approximate surface area is 103 Å². The topological polar surface area (TPSA) is 85.5 Å². The molecule has 2 unspecified atom stereocenters. The van der Waals surface area contributed by atoms with Gasteiger partial charge in [0.05, 0.1) is 16.6 Å². The molecule has 2 atom stereocenters. The Morgan fingerprint density at radius 1 is 1.67 bits per heavy atom. The third-order valence-corrected chi connectivity index (χ3v) is 2.62. The van der Waals surface area contributed by atoms with Crippen LogP contribution in [0.25, 0.3) is 5.76 Å². The van der Waals surface area contributed by atoms with E-state index in [0.29, 0.717) is 12.0 Å². The molecule has 0 spiro atoms. The van der Waals surface area contributed by atoms with Crippen molar-refractivity contribution in [3.63, 3.8) is 0 Å². The molecule has 1 aromatic rings. The molecule has 2 rings (SSSR count). The molecule has 0 amide bonds. The number of hydrogen-bond donors (Lipinski definition) is 1. The number of ether oxygens (including phenoxy) is 1. The Kier molecular flexibility index (Phi) is 3.38. The summed E-state index contributed by atoms with van der Waals surface area (Å²) in [6.07, 6.45) is 4.95. The number of rotatable bonds is 3. The van der Waals surface area contributed by atoms with Gasteiger partial charge in [-0.15, -0.1) is 0 Å². The van der Waals surface area contributed by atoms with E-state index >= 15 is 0 Å². The molecule has 1 aliphatic heterocycles. The van der Waals surface area contributed by atoms with E-state index in [4.69, 9.17) is 4.74 Å². The molecular formula is C12H12N2O4. The summed E-state index contributed by atoms with van der Waals surface area (Å²) >= 11 is 0. The van der Waals surface area contributed by atoms with E-state index in [1.807, 2.05) is 0 Å². The quantitative estimate of drug-likeness (QED) is 0.499. The van der Waals surface area contributed by atoms with Crippen LogP contribution < -0.4 is 0 Å². The zero-order valence-electron chi connectivity index (χ0n) is 9.52. The summed E-state index contributed by atoms with van der Waals surface area (Å²) in [6, 6.07) is 1.49. The first-order valence-corrected chi connectivity index (χ1v) is 5.39. The largest absolute Gasteiger partial charge is 0.486 e. The van der Waals surface area contributed by atoms with Gasteiger partial charge in [-0.3, -0.25) is 15.1 Å². The number of nitrogens with zero attached hydrogens (tertiary/aromatic N) is 2. The lowest BCUT2D eigenvalue weighted by Gasteiger charge is -2.25. The van der Waals surface area contributed by atoms with Gasteiger partial charge in [0.2, 0.25) is 0 Å². The fraction of sp³-hybridized carbons (Fsp3) is 0.250. The molecule has 1 N–H and O–H groups in total. The molecule has 0 fully saturated rings. The fourth-order valence-electron chi connectivity index (χ4n) is 1.77. The maximum absolute atomic E-state index is 10.9. The van der Waals surface area contributed by atoms with Gasteiger partial charge in [-0.2, -0.15) is 0 Å². The van der Waals surface area contributed by atoms with E-state index in [1.54, 1.807) is 6.08 Å². The van der Waals surface area contributed by atoms with Crippen LogP contribution in [0.15, 0.2) is 37.2 Å². The predicted molar refractivity (Wildman–Crippen MR) is 64.6 cm³/mol. The zero-order valence-corrected chi connectivity index (χ0v) is 9.52. The van der Waals surface area contributed by atoms with Crippen molar-refractivity contribution < 1.29 is 14.8 Å². The summed E-state index contributed by atoms with van der Waals surface area (Å²) < 4.78 is 5.53. The maximum Gasteiger partial charge on any atom is 0.298 e. The summed E-state index contributed by atoms with van der Waals surface area (Å²) in [4.78, 5) is 14.1. The van der Waals surface area contributed by atoms with Crippen molar-refractivity contribution in [1.82, 2.24) is 4.98 Å². The van der Waals surface area contributed by atoms with Crippen LogP contribution in [-0.4, -0.2) is 27.2 Å². The summed E-state index contributed by atoms with van der Waals surface area (Å²) in [5, 5.41) is 20.6. The van der Waals surface area contributed by atoms with E-state index < -0.39 is 11.0 Å². The molecule has 0 bridgehead atoms. The summed E-state index contributed by atoms with van der Waals surface area (Å²) in [5.41, 5.74) is 0.154. The number of aromatic nitrogens is 1. The maximum atomic E-state index is 10.9. The first-order chi connectivity index (χ1) is 8.61. The van der Waals surface area contributed by atoms with Crippen molar-refractivity contribution in [2.24, 2.45) is 0 Å². The van der Waals surface area contributed by atoms with Crippen molar-refractivity contribution in [2.45, 2.75) is 18.6 Å². The second-order valence-electron chi connectivity index (χ2n) is 3.88. The van der Waals surface area contributed by atoms with Crippen molar-refractivity contribution in [3.8, 4) is 0 Å². The molecule has 1 aromatic heterocycles. The smallest absolute Gasteiger partial charge is 0.298 e. The molecular weight excluding hydrogens is 236 g/mol. The van der Waals surface area contributed by atoms with Crippen LogP contribution in [0.4, 0.5) is 5.69 Å².